The molecule has 1 N–H and O–H groups in total. The fourth-order valence-electron chi connectivity index (χ4n) is 3.90. The Bertz CT molecular complexity index is 210. The molecule has 0 saturated heterocycles. The third-order valence-electron chi connectivity index (χ3n) is 4.40. The maximum absolute atomic E-state index is 3.83. The van der Waals surface area contributed by atoms with Crippen LogP contribution in [0, 0.1) is 16.7 Å². The average Bonchev–Trinajstić information content (AvgIpc) is 2.14. The van der Waals surface area contributed by atoms with E-state index in [0.29, 0.717) is 10.8 Å². The van der Waals surface area contributed by atoms with Crippen LogP contribution < -0.4 is 5.32 Å². The highest BCUT2D eigenvalue weighted by Gasteiger charge is 2.38. The molecule has 0 aliphatic heterocycles. The maximum atomic E-state index is 3.83. The van der Waals surface area contributed by atoms with Gasteiger partial charge in [0.25, 0.3) is 0 Å². The Kier molecular flexibility index (Phi) is 5.07. The van der Waals surface area contributed by atoms with Crippen LogP contribution in [0.2, 0.25) is 0 Å². The van der Waals surface area contributed by atoms with Crippen LogP contribution in [0.25, 0.3) is 0 Å². The molecule has 1 heteroatoms. The van der Waals surface area contributed by atoms with Gasteiger partial charge in [0, 0.05) is 6.04 Å². The van der Waals surface area contributed by atoms with E-state index >= 15 is 0 Å². The lowest BCUT2D eigenvalue weighted by molar-refractivity contribution is 0.0832. The molecular formula is C16H33N. The molecular weight excluding hydrogens is 206 g/mol. The summed E-state index contributed by atoms with van der Waals surface area (Å²) in [5.41, 5.74) is 1.01. The molecule has 0 spiro atoms. The number of nitrogens with one attached hydrogen (secondary N) is 1. The summed E-state index contributed by atoms with van der Waals surface area (Å²) >= 11 is 0. The normalized spacial score (nSPS) is 24.2. The minimum absolute atomic E-state index is 0.507. The molecule has 0 unspecified atom stereocenters. The zero-order chi connectivity index (χ0) is 13.1. The van der Waals surface area contributed by atoms with Crippen LogP contribution >= 0.6 is 0 Å². The number of hydrogen-bond acceptors (Lipinski definition) is 1. The quantitative estimate of drug-likeness (QED) is 0.738. The van der Waals surface area contributed by atoms with Crippen LogP contribution in [0.4, 0.5) is 0 Å². The molecule has 0 radical (unpaired) electrons. The van der Waals surface area contributed by atoms with Crippen LogP contribution in [0.3, 0.4) is 0 Å². The summed E-state index contributed by atoms with van der Waals surface area (Å²) in [4.78, 5) is 0. The van der Waals surface area contributed by atoms with Gasteiger partial charge in [-0.2, -0.15) is 0 Å². The van der Waals surface area contributed by atoms with E-state index in [1.807, 2.05) is 0 Å². The van der Waals surface area contributed by atoms with Gasteiger partial charge in [0.2, 0.25) is 0 Å². The monoisotopic (exact) mass is 239 g/mol. The molecule has 0 aromatic rings. The van der Waals surface area contributed by atoms with Gasteiger partial charge in [0.05, 0.1) is 0 Å². The molecule has 1 aliphatic rings. The number of hydrogen-bond donors (Lipinski definition) is 1. The Morgan fingerprint density at radius 2 is 1.47 bits per heavy atom. The lowest BCUT2D eigenvalue weighted by Crippen LogP contribution is -2.45. The Morgan fingerprint density at radius 3 is 1.88 bits per heavy atom. The highest BCUT2D eigenvalue weighted by Crippen LogP contribution is 2.45. The second kappa shape index (κ2) is 5.73. The average molecular weight is 239 g/mol. The van der Waals surface area contributed by atoms with Gasteiger partial charge in [0.15, 0.2) is 0 Å². The third kappa shape index (κ3) is 4.99. The molecule has 17 heavy (non-hydrogen) atoms. The van der Waals surface area contributed by atoms with Crippen LogP contribution in [0.15, 0.2) is 0 Å². The predicted molar refractivity (Wildman–Crippen MR) is 77.3 cm³/mol. The zero-order valence-electron chi connectivity index (χ0n) is 12.9. The summed E-state index contributed by atoms with van der Waals surface area (Å²) < 4.78 is 0. The van der Waals surface area contributed by atoms with Crippen molar-refractivity contribution in [3.8, 4) is 0 Å². The standard InChI is InChI=1S/C16H33N/c1-7-13(8-2)11-17-14-9-15(3,4)12-16(5,6)10-14/h13-14,17H,7-12H2,1-6H3. The summed E-state index contributed by atoms with van der Waals surface area (Å²) in [6.07, 6.45) is 6.67. The van der Waals surface area contributed by atoms with E-state index in [9.17, 15) is 0 Å². The van der Waals surface area contributed by atoms with Gasteiger partial charge in [-0.1, -0.05) is 54.4 Å². The first kappa shape index (κ1) is 15.0. The second-order valence-corrected chi connectivity index (χ2v) is 7.70. The molecule has 0 heterocycles. The summed E-state index contributed by atoms with van der Waals surface area (Å²) in [6, 6.07) is 0.731. The van der Waals surface area contributed by atoms with E-state index in [4.69, 9.17) is 0 Å². The lowest BCUT2D eigenvalue weighted by atomic mass is 9.63. The second-order valence-electron chi connectivity index (χ2n) is 7.70. The SMILES string of the molecule is CCC(CC)CNC1CC(C)(C)CC(C)(C)C1. The predicted octanol–water partition coefficient (Wildman–Crippen LogP) is 4.62. The van der Waals surface area contributed by atoms with Gasteiger partial charge in [-0.05, 0) is 42.6 Å². The molecule has 0 bridgehead atoms. The highest BCUT2D eigenvalue weighted by atomic mass is 14.9. The van der Waals surface area contributed by atoms with Gasteiger partial charge in [-0.25, -0.2) is 0 Å². The van der Waals surface area contributed by atoms with Crippen molar-refractivity contribution in [1.29, 1.82) is 0 Å². The lowest BCUT2D eigenvalue weighted by Gasteiger charge is -2.45. The molecule has 0 aromatic carbocycles. The fourth-order valence-corrected chi connectivity index (χ4v) is 3.90. The Hall–Kier alpha value is -0.0400. The van der Waals surface area contributed by atoms with Gasteiger partial charge >= 0.3 is 0 Å². The first-order valence-corrected chi connectivity index (χ1v) is 7.51. The van der Waals surface area contributed by atoms with Gasteiger partial charge < -0.3 is 5.32 Å². The van der Waals surface area contributed by atoms with Crippen molar-refractivity contribution >= 4 is 0 Å². The minimum atomic E-state index is 0.507. The molecule has 1 rings (SSSR count). The van der Waals surface area contributed by atoms with Gasteiger partial charge in [-0.15, -0.1) is 0 Å². The first-order chi connectivity index (χ1) is 7.78. The molecule has 1 fully saturated rings. The third-order valence-corrected chi connectivity index (χ3v) is 4.40. The van der Waals surface area contributed by atoms with Crippen molar-refractivity contribution in [1.82, 2.24) is 5.32 Å². The van der Waals surface area contributed by atoms with Crippen molar-refractivity contribution in [2.45, 2.75) is 79.7 Å². The summed E-state index contributed by atoms with van der Waals surface area (Å²) in [6.45, 7) is 15.6. The van der Waals surface area contributed by atoms with Crippen molar-refractivity contribution in [3.05, 3.63) is 0 Å². The maximum Gasteiger partial charge on any atom is 0.00773 e. The molecule has 0 amide bonds. The van der Waals surface area contributed by atoms with Gasteiger partial charge in [-0.3, -0.25) is 0 Å². The van der Waals surface area contributed by atoms with Crippen LogP contribution in [-0.4, -0.2) is 12.6 Å². The summed E-state index contributed by atoms with van der Waals surface area (Å²) in [5.74, 6) is 0.864. The van der Waals surface area contributed by atoms with Crippen molar-refractivity contribution in [3.63, 3.8) is 0 Å². The fraction of sp³-hybridized carbons (Fsp3) is 1.00. The molecule has 1 nitrogen and oxygen atoms in total. The summed E-state index contributed by atoms with van der Waals surface area (Å²) in [5, 5.41) is 3.83. The van der Waals surface area contributed by atoms with E-state index in [2.05, 4.69) is 46.9 Å². The first-order valence-electron chi connectivity index (χ1n) is 7.51. The van der Waals surface area contributed by atoms with Gasteiger partial charge in [0.1, 0.15) is 0 Å². The Balaban J connectivity index is 2.48. The van der Waals surface area contributed by atoms with Crippen LogP contribution in [0.1, 0.15) is 73.6 Å². The topological polar surface area (TPSA) is 12.0 Å². The number of rotatable bonds is 5. The largest absolute Gasteiger partial charge is 0.314 e. The zero-order valence-corrected chi connectivity index (χ0v) is 12.9. The Morgan fingerprint density at radius 1 is 1.00 bits per heavy atom. The van der Waals surface area contributed by atoms with Crippen molar-refractivity contribution in [2.75, 3.05) is 6.54 Å². The van der Waals surface area contributed by atoms with Crippen LogP contribution in [0.5, 0.6) is 0 Å². The van der Waals surface area contributed by atoms with E-state index in [-0.39, 0.29) is 0 Å². The van der Waals surface area contributed by atoms with E-state index < -0.39 is 0 Å². The molecule has 1 saturated carbocycles. The highest BCUT2D eigenvalue weighted by molar-refractivity contribution is 4.92. The molecule has 0 atom stereocenters. The molecule has 0 aromatic heterocycles. The Labute approximate surface area is 109 Å². The minimum Gasteiger partial charge on any atom is -0.314 e. The van der Waals surface area contributed by atoms with E-state index in [1.54, 1.807) is 0 Å². The molecule has 1 aliphatic carbocycles. The van der Waals surface area contributed by atoms with Crippen LogP contribution in [-0.2, 0) is 0 Å². The molecule has 102 valence electrons. The van der Waals surface area contributed by atoms with E-state index in [1.165, 1.54) is 38.6 Å². The van der Waals surface area contributed by atoms with Crippen molar-refractivity contribution in [2.24, 2.45) is 16.7 Å². The smallest absolute Gasteiger partial charge is 0.00773 e. The van der Waals surface area contributed by atoms with Crippen molar-refractivity contribution < 1.29 is 0 Å². The van der Waals surface area contributed by atoms with E-state index in [0.717, 1.165) is 12.0 Å². The summed E-state index contributed by atoms with van der Waals surface area (Å²) in [7, 11) is 0.